The van der Waals surface area contributed by atoms with E-state index in [1.165, 1.54) is 32.1 Å². The third kappa shape index (κ3) is 4.87. The fourth-order valence-electron chi connectivity index (χ4n) is 3.53. The van der Waals surface area contributed by atoms with Gasteiger partial charge < -0.3 is 10.6 Å². The molecule has 1 aromatic rings. The lowest BCUT2D eigenvalue weighted by atomic mass is 9.78. The van der Waals surface area contributed by atoms with E-state index < -0.39 is 0 Å². The van der Waals surface area contributed by atoms with Gasteiger partial charge in [-0.05, 0) is 37.0 Å². The first-order valence-corrected chi connectivity index (χ1v) is 8.43. The van der Waals surface area contributed by atoms with Crippen LogP contribution >= 0.6 is 0 Å². The van der Waals surface area contributed by atoms with Crippen LogP contribution < -0.4 is 10.6 Å². The number of nitrogens with zero attached hydrogens (tertiary/aromatic N) is 2. The van der Waals surface area contributed by atoms with Gasteiger partial charge in [-0.15, -0.1) is 0 Å². The molecule has 0 atom stereocenters. The van der Waals surface area contributed by atoms with Crippen LogP contribution in [0.3, 0.4) is 0 Å². The molecule has 21 heavy (non-hydrogen) atoms. The molecule has 1 fully saturated rings. The van der Waals surface area contributed by atoms with E-state index in [-0.39, 0.29) is 0 Å². The molecule has 2 rings (SSSR count). The Bertz CT molecular complexity index is 425. The van der Waals surface area contributed by atoms with Crippen molar-refractivity contribution in [1.82, 2.24) is 9.97 Å². The summed E-state index contributed by atoms with van der Waals surface area (Å²) in [6, 6.07) is 2.02. The van der Waals surface area contributed by atoms with Crippen LogP contribution in [0.25, 0.3) is 0 Å². The van der Waals surface area contributed by atoms with Gasteiger partial charge in [0, 0.05) is 19.2 Å². The molecule has 0 amide bonds. The van der Waals surface area contributed by atoms with Crippen molar-refractivity contribution in [3.05, 3.63) is 12.4 Å². The first-order chi connectivity index (χ1) is 10.1. The van der Waals surface area contributed by atoms with Gasteiger partial charge in [0.05, 0.1) is 0 Å². The van der Waals surface area contributed by atoms with Crippen LogP contribution in [0.5, 0.6) is 0 Å². The lowest BCUT2D eigenvalue weighted by Crippen LogP contribution is -2.28. The zero-order chi connectivity index (χ0) is 15.1. The molecule has 1 aromatic heterocycles. The second-order valence-electron chi connectivity index (χ2n) is 6.87. The van der Waals surface area contributed by atoms with Crippen LogP contribution in [0.1, 0.15) is 59.3 Å². The summed E-state index contributed by atoms with van der Waals surface area (Å²) in [5.41, 5.74) is 0.468. The van der Waals surface area contributed by atoms with Gasteiger partial charge >= 0.3 is 0 Å². The van der Waals surface area contributed by atoms with Crippen molar-refractivity contribution in [2.24, 2.45) is 11.3 Å². The molecule has 0 bridgehead atoms. The van der Waals surface area contributed by atoms with E-state index in [4.69, 9.17) is 0 Å². The maximum Gasteiger partial charge on any atom is 0.131 e. The highest BCUT2D eigenvalue weighted by Crippen LogP contribution is 2.43. The second-order valence-corrected chi connectivity index (χ2v) is 6.87. The molecule has 2 N–H and O–H groups in total. The molecule has 0 spiro atoms. The van der Waals surface area contributed by atoms with Gasteiger partial charge in [0.1, 0.15) is 18.0 Å². The standard InChI is InChI=1S/C17H30N4/c1-4-9-18-15-10-16(21-13-20-15)19-12-17(11-14(2)3)7-5-6-8-17/h10,13-14H,4-9,11-12H2,1-3H3,(H2,18,19,20,21). The van der Waals surface area contributed by atoms with Gasteiger partial charge in [0.2, 0.25) is 0 Å². The van der Waals surface area contributed by atoms with Gasteiger partial charge in [-0.3, -0.25) is 0 Å². The summed E-state index contributed by atoms with van der Waals surface area (Å²) >= 11 is 0. The molecule has 0 unspecified atom stereocenters. The van der Waals surface area contributed by atoms with E-state index in [0.29, 0.717) is 5.41 Å². The first-order valence-electron chi connectivity index (χ1n) is 8.43. The number of rotatable bonds is 8. The molecule has 0 aliphatic heterocycles. The Morgan fingerprint density at radius 3 is 2.43 bits per heavy atom. The van der Waals surface area contributed by atoms with E-state index in [9.17, 15) is 0 Å². The number of nitrogens with one attached hydrogen (secondary N) is 2. The van der Waals surface area contributed by atoms with E-state index in [2.05, 4.69) is 41.4 Å². The second kappa shape index (κ2) is 7.62. The number of anilines is 2. The average molecular weight is 290 g/mol. The van der Waals surface area contributed by atoms with Crippen molar-refractivity contribution in [2.45, 2.75) is 59.3 Å². The molecule has 1 aliphatic rings. The molecular weight excluding hydrogens is 260 g/mol. The Labute approximate surface area is 129 Å². The van der Waals surface area contributed by atoms with Crippen molar-refractivity contribution < 1.29 is 0 Å². The molecule has 1 aliphatic carbocycles. The van der Waals surface area contributed by atoms with Crippen molar-refractivity contribution in [1.29, 1.82) is 0 Å². The molecule has 0 saturated heterocycles. The zero-order valence-electron chi connectivity index (χ0n) is 13.8. The van der Waals surface area contributed by atoms with Crippen LogP contribution in [0.15, 0.2) is 12.4 Å². The van der Waals surface area contributed by atoms with Crippen molar-refractivity contribution in [2.75, 3.05) is 23.7 Å². The molecule has 118 valence electrons. The van der Waals surface area contributed by atoms with Crippen molar-refractivity contribution >= 4 is 11.6 Å². The Morgan fingerprint density at radius 2 is 1.81 bits per heavy atom. The summed E-state index contributed by atoms with van der Waals surface area (Å²) in [5, 5.41) is 6.87. The number of aromatic nitrogens is 2. The third-order valence-electron chi connectivity index (χ3n) is 4.37. The Morgan fingerprint density at radius 1 is 1.14 bits per heavy atom. The molecule has 4 nitrogen and oxygen atoms in total. The van der Waals surface area contributed by atoms with Crippen LogP contribution in [-0.4, -0.2) is 23.1 Å². The van der Waals surface area contributed by atoms with Crippen molar-refractivity contribution in [3.63, 3.8) is 0 Å². The summed E-state index contributed by atoms with van der Waals surface area (Å²) in [4.78, 5) is 8.62. The quantitative estimate of drug-likeness (QED) is 0.748. The van der Waals surface area contributed by atoms with Gasteiger partial charge in [-0.1, -0.05) is 33.6 Å². The fraction of sp³-hybridized carbons (Fsp3) is 0.765. The van der Waals surface area contributed by atoms with E-state index >= 15 is 0 Å². The Kier molecular flexibility index (Phi) is 5.83. The van der Waals surface area contributed by atoms with Crippen LogP contribution in [0, 0.1) is 11.3 Å². The van der Waals surface area contributed by atoms with Crippen LogP contribution in [-0.2, 0) is 0 Å². The Hall–Kier alpha value is -1.32. The molecule has 1 saturated carbocycles. The number of hydrogen-bond donors (Lipinski definition) is 2. The summed E-state index contributed by atoms with van der Waals surface area (Å²) in [7, 11) is 0. The maximum atomic E-state index is 4.36. The predicted molar refractivity (Wildman–Crippen MR) is 89.7 cm³/mol. The highest BCUT2D eigenvalue weighted by molar-refractivity contribution is 5.46. The van der Waals surface area contributed by atoms with Gasteiger partial charge in [-0.2, -0.15) is 0 Å². The summed E-state index contributed by atoms with van der Waals surface area (Å²) in [5.74, 6) is 2.62. The van der Waals surface area contributed by atoms with E-state index in [1.54, 1.807) is 6.33 Å². The SMILES string of the molecule is CCCNc1cc(NCC2(CC(C)C)CCCC2)ncn1. The smallest absolute Gasteiger partial charge is 0.131 e. The van der Waals surface area contributed by atoms with E-state index in [0.717, 1.165) is 37.1 Å². The topological polar surface area (TPSA) is 49.8 Å². The predicted octanol–water partition coefficient (Wildman–Crippen LogP) is 4.32. The monoisotopic (exact) mass is 290 g/mol. The molecule has 0 aromatic carbocycles. The van der Waals surface area contributed by atoms with Gasteiger partial charge in [0.25, 0.3) is 0 Å². The minimum absolute atomic E-state index is 0.468. The normalized spacial score (nSPS) is 17.1. The minimum Gasteiger partial charge on any atom is -0.370 e. The number of hydrogen-bond acceptors (Lipinski definition) is 4. The zero-order valence-corrected chi connectivity index (χ0v) is 13.8. The minimum atomic E-state index is 0.468. The molecule has 1 heterocycles. The molecule has 0 radical (unpaired) electrons. The summed E-state index contributed by atoms with van der Waals surface area (Å²) in [6.45, 7) is 8.81. The van der Waals surface area contributed by atoms with E-state index in [1.807, 2.05) is 6.07 Å². The maximum absolute atomic E-state index is 4.36. The fourth-order valence-corrected chi connectivity index (χ4v) is 3.53. The van der Waals surface area contributed by atoms with Crippen LogP contribution in [0.4, 0.5) is 11.6 Å². The molecular formula is C17H30N4. The third-order valence-corrected chi connectivity index (χ3v) is 4.37. The lowest BCUT2D eigenvalue weighted by Gasteiger charge is -2.31. The highest BCUT2D eigenvalue weighted by Gasteiger charge is 2.34. The Balaban J connectivity index is 1.94. The summed E-state index contributed by atoms with van der Waals surface area (Å²) < 4.78 is 0. The van der Waals surface area contributed by atoms with Crippen molar-refractivity contribution in [3.8, 4) is 0 Å². The largest absolute Gasteiger partial charge is 0.370 e. The van der Waals surface area contributed by atoms with Gasteiger partial charge in [0.15, 0.2) is 0 Å². The highest BCUT2D eigenvalue weighted by atomic mass is 15.1. The summed E-state index contributed by atoms with van der Waals surface area (Å²) in [6.07, 6.45) is 9.51. The molecule has 4 heteroatoms. The van der Waals surface area contributed by atoms with Gasteiger partial charge in [-0.25, -0.2) is 9.97 Å². The first kappa shape index (κ1) is 16.1. The average Bonchev–Trinajstić information content (AvgIpc) is 2.91. The lowest BCUT2D eigenvalue weighted by molar-refractivity contribution is 0.252. The van der Waals surface area contributed by atoms with Crippen LogP contribution in [0.2, 0.25) is 0 Å².